The number of hydrogen-bond acceptors (Lipinski definition) is 3. The third-order valence-corrected chi connectivity index (χ3v) is 4.25. The lowest BCUT2D eigenvalue weighted by molar-refractivity contribution is 0.174. The van der Waals surface area contributed by atoms with E-state index in [9.17, 15) is 5.11 Å². The molecule has 3 heteroatoms. The number of anilines is 1. The van der Waals surface area contributed by atoms with Gasteiger partial charge in [0.25, 0.3) is 0 Å². The lowest BCUT2D eigenvalue weighted by Crippen LogP contribution is -2.37. The van der Waals surface area contributed by atoms with E-state index in [2.05, 4.69) is 36.0 Å². The van der Waals surface area contributed by atoms with Crippen LogP contribution in [0.3, 0.4) is 0 Å². The molecule has 106 valence electrons. The summed E-state index contributed by atoms with van der Waals surface area (Å²) in [6.45, 7) is 4.26. The fourth-order valence-electron chi connectivity index (χ4n) is 2.96. The Balaban J connectivity index is 2.12. The number of likely N-dealkylation sites (N-methyl/N-ethyl adjacent to an activating group) is 2. The summed E-state index contributed by atoms with van der Waals surface area (Å²) in [7, 11) is 4.34. The maximum Gasteiger partial charge on any atom is 0.0807 e. The van der Waals surface area contributed by atoms with Gasteiger partial charge in [-0.25, -0.2) is 0 Å². The lowest BCUT2D eigenvalue weighted by Gasteiger charge is -2.29. The van der Waals surface area contributed by atoms with Crippen LogP contribution in [0.15, 0.2) is 24.3 Å². The molecule has 2 atom stereocenters. The van der Waals surface area contributed by atoms with Crippen LogP contribution in [-0.2, 0) is 0 Å². The van der Waals surface area contributed by atoms with Gasteiger partial charge in [-0.3, -0.25) is 0 Å². The maximum absolute atomic E-state index is 10.1. The number of aliphatic hydroxyl groups excluding tert-OH is 1. The molecule has 2 rings (SSSR count). The van der Waals surface area contributed by atoms with Crippen molar-refractivity contribution >= 4 is 5.69 Å². The van der Waals surface area contributed by atoms with Crippen molar-refractivity contribution in [1.29, 1.82) is 0 Å². The van der Waals surface area contributed by atoms with E-state index in [0.29, 0.717) is 6.04 Å². The van der Waals surface area contributed by atoms with Gasteiger partial charge in [-0.05, 0) is 38.9 Å². The molecule has 0 aromatic heterocycles. The SMILES string of the molecule is CC[C@@H](O)c1ccccc1N(C)CC1CCCN1C. The molecule has 1 aromatic rings. The Bertz CT molecular complexity index is 407. The summed E-state index contributed by atoms with van der Waals surface area (Å²) >= 11 is 0. The van der Waals surface area contributed by atoms with Crippen LogP contribution in [0, 0.1) is 0 Å². The van der Waals surface area contributed by atoms with E-state index in [4.69, 9.17) is 0 Å². The molecule has 1 aliphatic rings. The van der Waals surface area contributed by atoms with Crippen LogP contribution in [0.2, 0.25) is 0 Å². The molecule has 0 saturated carbocycles. The second-order valence-corrected chi connectivity index (χ2v) is 5.64. The predicted octanol–water partition coefficient (Wildman–Crippen LogP) is 2.66. The summed E-state index contributed by atoms with van der Waals surface area (Å²) in [6.07, 6.45) is 2.97. The molecular weight excluding hydrogens is 236 g/mol. The highest BCUT2D eigenvalue weighted by molar-refractivity contribution is 5.54. The van der Waals surface area contributed by atoms with Crippen molar-refractivity contribution in [2.45, 2.75) is 38.3 Å². The van der Waals surface area contributed by atoms with Crippen LogP contribution in [0.5, 0.6) is 0 Å². The fraction of sp³-hybridized carbons (Fsp3) is 0.625. The molecule has 19 heavy (non-hydrogen) atoms. The highest BCUT2D eigenvalue weighted by atomic mass is 16.3. The number of likely N-dealkylation sites (tertiary alicyclic amines) is 1. The molecule has 0 amide bonds. The quantitative estimate of drug-likeness (QED) is 0.884. The van der Waals surface area contributed by atoms with Crippen molar-refractivity contribution in [3.63, 3.8) is 0 Å². The standard InChI is InChI=1S/C16H26N2O/c1-4-16(19)14-9-5-6-10-15(14)18(3)12-13-8-7-11-17(13)2/h5-6,9-10,13,16,19H,4,7-8,11-12H2,1-3H3/t13?,16-/m1/s1. The monoisotopic (exact) mass is 262 g/mol. The molecule has 0 radical (unpaired) electrons. The van der Waals surface area contributed by atoms with Gasteiger partial charge in [0.1, 0.15) is 0 Å². The summed E-state index contributed by atoms with van der Waals surface area (Å²) in [4.78, 5) is 4.73. The van der Waals surface area contributed by atoms with Gasteiger partial charge in [-0.2, -0.15) is 0 Å². The molecule has 3 nitrogen and oxygen atoms in total. The van der Waals surface area contributed by atoms with E-state index >= 15 is 0 Å². The Labute approximate surface area is 116 Å². The van der Waals surface area contributed by atoms with Gasteiger partial charge in [0.05, 0.1) is 6.10 Å². The molecule has 1 unspecified atom stereocenters. The Morgan fingerprint density at radius 1 is 1.42 bits per heavy atom. The first kappa shape index (κ1) is 14.4. The number of aliphatic hydroxyl groups is 1. The first-order valence-corrected chi connectivity index (χ1v) is 7.31. The van der Waals surface area contributed by atoms with E-state index in [1.54, 1.807) is 0 Å². The van der Waals surface area contributed by atoms with E-state index in [0.717, 1.165) is 24.2 Å². The molecule has 1 heterocycles. The lowest BCUT2D eigenvalue weighted by atomic mass is 10.0. The number of benzene rings is 1. The Hall–Kier alpha value is -1.06. The van der Waals surface area contributed by atoms with Gasteiger partial charge in [-0.1, -0.05) is 25.1 Å². The second kappa shape index (κ2) is 6.40. The van der Waals surface area contributed by atoms with Gasteiger partial charge in [0.2, 0.25) is 0 Å². The number of rotatable bonds is 5. The molecule has 1 saturated heterocycles. The van der Waals surface area contributed by atoms with Crippen LogP contribution >= 0.6 is 0 Å². The summed E-state index contributed by atoms with van der Waals surface area (Å²) in [5, 5.41) is 10.1. The van der Waals surface area contributed by atoms with Gasteiger partial charge in [-0.15, -0.1) is 0 Å². The molecular formula is C16H26N2O. The smallest absolute Gasteiger partial charge is 0.0807 e. The summed E-state index contributed by atoms with van der Waals surface area (Å²) in [5.41, 5.74) is 2.21. The Morgan fingerprint density at radius 2 is 2.16 bits per heavy atom. The van der Waals surface area contributed by atoms with Crippen LogP contribution in [0.4, 0.5) is 5.69 Å². The van der Waals surface area contributed by atoms with Crippen molar-refractivity contribution in [3.8, 4) is 0 Å². The highest BCUT2D eigenvalue weighted by Gasteiger charge is 2.23. The van der Waals surface area contributed by atoms with Gasteiger partial charge >= 0.3 is 0 Å². The predicted molar refractivity (Wildman–Crippen MR) is 80.6 cm³/mol. The third-order valence-electron chi connectivity index (χ3n) is 4.25. The van der Waals surface area contributed by atoms with Crippen LogP contribution in [0.25, 0.3) is 0 Å². The topological polar surface area (TPSA) is 26.7 Å². The number of hydrogen-bond donors (Lipinski definition) is 1. The Kier molecular flexibility index (Phi) is 4.83. The van der Waals surface area contributed by atoms with Crippen LogP contribution in [-0.4, -0.2) is 43.2 Å². The van der Waals surface area contributed by atoms with Crippen molar-refractivity contribution in [1.82, 2.24) is 4.90 Å². The number of para-hydroxylation sites is 1. The first-order valence-electron chi connectivity index (χ1n) is 7.31. The maximum atomic E-state index is 10.1. The average molecular weight is 262 g/mol. The van der Waals surface area contributed by atoms with Crippen molar-refractivity contribution < 1.29 is 5.11 Å². The minimum atomic E-state index is -0.361. The minimum absolute atomic E-state index is 0.361. The molecule has 0 bridgehead atoms. The Morgan fingerprint density at radius 3 is 2.79 bits per heavy atom. The molecule has 1 N–H and O–H groups in total. The minimum Gasteiger partial charge on any atom is -0.388 e. The summed E-state index contributed by atoms with van der Waals surface area (Å²) in [6, 6.07) is 8.85. The zero-order valence-electron chi connectivity index (χ0n) is 12.3. The van der Waals surface area contributed by atoms with Gasteiger partial charge in [0.15, 0.2) is 0 Å². The molecule has 1 aromatic carbocycles. The van der Waals surface area contributed by atoms with Gasteiger partial charge in [0, 0.05) is 30.9 Å². The van der Waals surface area contributed by atoms with E-state index < -0.39 is 0 Å². The largest absolute Gasteiger partial charge is 0.388 e. The average Bonchev–Trinajstić information content (AvgIpc) is 2.83. The summed E-state index contributed by atoms with van der Waals surface area (Å²) < 4.78 is 0. The highest BCUT2D eigenvalue weighted by Crippen LogP contribution is 2.28. The normalized spacial score (nSPS) is 21.6. The number of nitrogens with zero attached hydrogens (tertiary/aromatic N) is 2. The van der Waals surface area contributed by atoms with Crippen LogP contribution < -0.4 is 4.90 Å². The molecule has 1 aliphatic heterocycles. The van der Waals surface area contributed by atoms with Crippen LogP contribution in [0.1, 0.15) is 37.9 Å². The first-order chi connectivity index (χ1) is 9.13. The van der Waals surface area contributed by atoms with Crippen molar-refractivity contribution in [3.05, 3.63) is 29.8 Å². The summed E-state index contributed by atoms with van der Waals surface area (Å²) in [5.74, 6) is 0. The zero-order valence-corrected chi connectivity index (χ0v) is 12.3. The van der Waals surface area contributed by atoms with E-state index in [1.807, 2.05) is 19.1 Å². The molecule has 0 spiro atoms. The van der Waals surface area contributed by atoms with Gasteiger partial charge < -0.3 is 14.9 Å². The second-order valence-electron chi connectivity index (χ2n) is 5.64. The van der Waals surface area contributed by atoms with Crippen molar-refractivity contribution in [2.75, 3.05) is 32.1 Å². The van der Waals surface area contributed by atoms with E-state index in [1.165, 1.54) is 19.4 Å². The zero-order chi connectivity index (χ0) is 13.8. The third kappa shape index (κ3) is 3.28. The molecule has 0 aliphatic carbocycles. The molecule has 1 fully saturated rings. The van der Waals surface area contributed by atoms with E-state index in [-0.39, 0.29) is 6.10 Å². The fourth-order valence-corrected chi connectivity index (χ4v) is 2.96. The van der Waals surface area contributed by atoms with Crippen molar-refractivity contribution in [2.24, 2.45) is 0 Å².